The maximum atomic E-state index is 12.6. The Bertz CT molecular complexity index is 819. The zero-order valence-corrected chi connectivity index (χ0v) is 16.4. The molecule has 1 aromatic rings. The zero-order valence-electron chi connectivity index (χ0n) is 14.8. The smallest absolute Gasteiger partial charge is 0.336 e. The summed E-state index contributed by atoms with van der Waals surface area (Å²) in [5.74, 6) is -0.794. The Labute approximate surface area is 159 Å². The van der Waals surface area contributed by atoms with Gasteiger partial charge < -0.3 is 24.3 Å². The van der Waals surface area contributed by atoms with Gasteiger partial charge >= 0.3 is 11.9 Å². The number of halogens is 1. The van der Waals surface area contributed by atoms with Gasteiger partial charge in [0.05, 0.1) is 31.3 Å². The van der Waals surface area contributed by atoms with E-state index < -0.39 is 17.9 Å². The first-order valence-electron chi connectivity index (χ1n) is 7.83. The summed E-state index contributed by atoms with van der Waals surface area (Å²) in [4.78, 5) is 25.1. The summed E-state index contributed by atoms with van der Waals surface area (Å²) in [7, 11) is 2.60. The number of rotatable bonds is 3. The van der Waals surface area contributed by atoms with Crippen molar-refractivity contribution in [3.8, 4) is 11.5 Å². The number of ether oxygens (including phenoxy) is 4. The molecule has 0 unspecified atom stereocenters. The van der Waals surface area contributed by atoms with Gasteiger partial charge in [-0.05, 0) is 26.0 Å². The van der Waals surface area contributed by atoms with E-state index in [4.69, 9.17) is 18.9 Å². The zero-order chi connectivity index (χ0) is 19.0. The van der Waals surface area contributed by atoms with Crippen LogP contribution < -0.4 is 14.8 Å². The number of nitrogens with one attached hydrogen (secondary N) is 1. The van der Waals surface area contributed by atoms with Crippen molar-refractivity contribution in [3.63, 3.8) is 0 Å². The molecular formula is C18H18BrNO6. The molecule has 26 heavy (non-hydrogen) atoms. The van der Waals surface area contributed by atoms with Gasteiger partial charge in [-0.25, -0.2) is 9.59 Å². The molecule has 2 aliphatic rings. The molecule has 0 aromatic heterocycles. The monoisotopic (exact) mass is 423 g/mol. The SMILES string of the molecule is COC(=O)C1=C(C)NC(C)=C(C(=O)OC)C1c1c(Br)ccc2c1OCO2. The molecule has 0 spiro atoms. The van der Waals surface area contributed by atoms with Crippen LogP contribution in [0, 0.1) is 0 Å². The predicted octanol–water partition coefficient (Wildman–Crippen LogP) is 2.76. The third-order valence-corrected chi connectivity index (χ3v) is 5.08. The van der Waals surface area contributed by atoms with Crippen LogP contribution in [0.4, 0.5) is 0 Å². The van der Waals surface area contributed by atoms with Crippen molar-refractivity contribution in [3.05, 3.63) is 44.7 Å². The van der Waals surface area contributed by atoms with Crippen molar-refractivity contribution in [2.75, 3.05) is 21.0 Å². The fourth-order valence-corrected chi connectivity index (χ4v) is 3.82. The van der Waals surface area contributed by atoms with Gasteiger partial charge in [0.1, 0.15) is 0 Å². The molecule has 0 amide bonds. The van der Waals surface area contributed by atoms with Crippen molar-refractivity contribution < 1.29 is 28.5 Å². The van der Waals surface area contributed by atoms with E-state index in [-0.39, 0.29) is 6.79 Å². The van der Waals surface area contributed by atoms with E-state index in [1.54, 1.807) is 26.0 Å². The molecule has 0 atom stereocenters. The Morgan fingerprint density at radius 1 is 1.08 bits per heavy atom. The number of carbonyl (C=O) groups excluding carboxylic acids is 2. The van der Waals surface area contributed by atoms with E-state index in [2.05, 4.69) is 21.2 Å². The van der Waals surface area contributed by atoms with Crippen LogP contribution in [0.3, 0.4) is 0 Å². The lowest BCUT2D eigenvalue weighted by Crippen LogP contribution is -2.32. The summed E-state index contributed by atoms with van der Waals surface area (Å²) in [5, 5.41) is 3.07. The average molecular weight is 424 g/mol. The number of allylic oxidation sites excluding steroid dienone is 2. The molecule has 3 rings (SSSR count). The fraction of sp³-hybridized carbons (Fsp3) is 0.333. The molecule has 1 aromatic carbocycles. The number of hydrogen-bond acceptors (Lipinski definition) is 7. The van der Waals surface area contributed by atoms with Crippen LogP contribution >= 0.6 is 15.9 Å². The minimum Gasteiger partial charge on any atom is -0.466 e. The topological polar surface area (TPSA) is 83.1 Å². The molecule has 0 fully saturated rings. The Morgan fingerprint density at radius 2 is 1.65 bits per heavy atom. The van der Waals surface area contributed by atoms with Crippen molar-refractivity contribution in [1.29, 1.82) is 0 Å². The number of esters is 2. The number of fused-ring (bicyclic) bond motifs is 1. The summed E-state index contributed by atoms with van der Waals surface area (Å²) in [6, 6.07) is 3.55. The largest absolute Gasteiger partial charge is 0.466 e. The quantitative estimate of drug-likeness (QED) is 0.748. The summed E-state index contributed by atoms with van der Waals surface area (Å²) < 4.78 is 21.7. The second kappa shape index (κ2) is 7.03. The van der Waals surface area contributed by atoms with Gasteiger partial charge in [0.15, 0.2) is 11.5 Å². The molecule has 8 heteroatoms. The van der Waals surface area contributed by atoms with Crippen molar-refractivity contribution >= 4 is 27.9 Å². The molecule has 1 N–H and O–H groups in total. The number of carbonyl (C=O) groups is 2. The normalized spacial score (nSPS) is 16.5. The second-order valence-corrected chi connectivity index (χ2v) is 6.67. The van der Waals surface area contributed by atoms with E-state index in [9.17, 15) is 9.59 Å². The van der Waals surface area contributed by atoms with Gasteiger partial charge in [0, 0.05) is 21.4 Å². The molecular weight excluding hydrogens is 406 g/mol. The summed E-state index contributed by atoms with van der Waals surface area (Å²) in [5.41, 5.74) is 2.41. The van der Waals surface area contributed by atoms with Gasteiger partial charge in [0.25, 0.3) is 0 Å². The van der Waals surface area contributed by atoms with E-state index in [0.717, 1.165) is 0 Å². The van der Waals surface area contributed by atoms with E-state index in [1.807, 2.05) is 0 Å². The highest BCUT2D eigenvalue weighted by Gasteiger charge is 2.41. The van der Waals surface area contributed by atoms with Crippen LogP contribution in [-0.4, -0.2) is 33.0 Å². The van der Waals surface area contributed by atoms with E-state index >= 15 is 0 Å². The summed E-state index contributed by atoms with van der Waals surface area (Å²) in [6.45, 7) is 3.58. The van der Waals surface area contributed by atoms with Crippen LogP contribution in [0.1, 0.15) is 25.3 Å². The first-order valence-corrected chi connectivity index (χ1v) is 8.63. The average Bonchev–Trinajstić information content (AvgIpc) is 3.08. The molecule has 0 bridgehead atoms. The minimum atomic E-state index is -0.734. The maximum Gasteiger partial charge on any atom is 0.336 e. The van der Waals surface area contributed by atoms with Gasteiger partial charge in [0.2, 0.25) is 6.79 Å². The van der Waals surface area contributed by atoms with Crippen molar-refractivity contribution in [1.82, 2.24) is 5.32 Å². The molecule has 0 radical (unpaired) electrons. The van der Waals surface area contributed by atoms with E-state index in [1.165, 1.54) is 14.2 Å². The van der Waals surface area contributed by atoms with Gasteiger partial charge in [-0.2, -0.15) is 0 Å². The predicted molar refractivity (Wildman–Crippen MR) is 95.6 cm³/mol. The molecule has 0 saturated heterocycles. The maximum absolute atomic E-state index is 12.6. The highest BCUT2D eigenvalue weighted by atomic mass is 79.9. The van der Waals surface area contributed by atoms with Crippen LogP contribution in [0.25, 0.3) is 0 Å². The fourth-order valence-electron chi connectivity index (χ4n) is 3.28. The molecule has 0 aliphatic carbocycles. The second-order valence-electron chi connectivity index (χ2n) is 5.81. The number of methoxy groups -OCH3 is 2. The third-order valence-electron chi connectivity index (χ3n) is 4.38. The number of dihydropyridines is 1. The van der Waals surface area contributed by atoms with Gasteiger partial charge in [-0.3, -0.25) is 0 Å². The Hall–Kier alpha value is -2.48. The van der Waals surface area contributed by atoms with Crippen molar-refractivity contribution in [2.24, 2.45) is 0 Å². The highest BCUT2D eigenvalue weighted by molar-refractivity contribution is 9.10. The molecule has 0 saturated carbocycles. The lowest BCUT2D eigenvalue weighted by molar-refractivity contribution is -0.137. The highest BCUT2D eigenvalue weighted by Crippen LogP contribution is 2.50. The lowest BCUT2D eigenvalue weighted by Gasteiger charge is -2.31. The molecule has 2 heterocycles. The number of benzene rings is 1. The minimum absolute atomic E-state index is 0.0657. The van der Waals surface area contributed by atoms with Crippen LogP contribution in [0.15, 0.2) is 39.1 Å². The number of hydrogen-bond donors (Lipinski definition) is 1. The van der Waals surface area contributed by atoms with Crippen LogP contribution in [0.5, 0.6) is 11.5 Å². The van der Waals surface area contributed by atoms with Gasteiger partial charge in [-0.1, -0.05) is 15.9 Å². The Kier molecular flexibility index (Phi) is 4.95. The van der Waals surface area contributed by atoms with Gasteiger partial charge in [-0.15, -0.1) is 0 Å². The molecule has 7 nitrogen and oxygen atoms in total. The van der Waals surface area contributed by atoms with Crippen LogP contribution in [-0.2, 0) is 19.1 Å². The third kappa shape index (κ3) is 2.84. The van der Waals surface area contributed by atoms with Crippen LogP contribution in [0.2, 0.25) is 0 Å². The summed E-state index contributed by atoms with van der Waals surface area (Å²) >= 11 is 3.52. The Morgan fingerprint density at radius 3 is 2.19 bits per heavy atom. The summed E-state index contributed by atoms with van der Waals surface area (Å²) in [6.07, 6.45) is 0. The standard InChI is InChI=1S/C18H18BrNO6/c1-8-12(17(21)23-3)15(13(9(2)20-8)18(22)24-4)14-10(19)5-6-11-16(14)26-7-25-11/h5-6,15,20H,7H2,1-4H3. The first-order chi connectivity index (χ1) is 12.4. The first kappa shape index (κ1) is 18.3. The van der Waals surface area contributed by atoms with Crippen molar-refractivity contribution in [2.45, 2.75) is 19.8 Å². The Balaban J connectivity index is 2.31. The molecule has 138 valence electrons. The molecule has 2 aliphatic heterocycles. The lowest BCUT2D eigenvalue weighted by atomic mass is 9.80. The van der Waals surface area contributed by atoms with E-state index in [0.29, 0.717) is 44.1 Å².